The second-order valence-electron chi connectivity index (χ2n) is 4.97. The van der Waals surface area contributed by atoms with E-state index in [2.05, 4.69) is 43.2 Å². The van der Waals surface area contributed by atoms with Crippen LogP contribution in [0.1, 0.15) is 33.5 Å². The monoisotopic (exact) mass is 290 g/mol. The third-order valence-electron chi connectivity index (χ3n) is 3.13. The molecule has 0 spiro atoms. The van der Waals surface area contributed by atoms with Crippen LogP contribution < -0.4 is 10.1 Å². The highest BCUT2D eigenvalue weighted by Gasteiger charge is 2.08. The van der Waals surface area contributed by atoms with E-state index >= 15 is 0 Å². The van der Waals surface area contributed by atoms with Gasteiger partial charge in [0.1, 0.15) is 12.4 Å². The molecule has 0 bridgehead atoms. The van der Waals surface area contributed by atoms with Crippen LogP contribution in [0.5, 0.6) is 5.75 Å². The van der Waals surface area contributed by atoms with Crippen molar-refractivity contribution in [1.82, 2.24) is 10.3 Å². The van der Waals surface area contributed by atoms with Crippen LogP contribution >= 0.6 is 11.3 Å². The van der Waals surface area contributed by atoms with Gasteiger partial charge in [-0.3, -0.25) is 0 Å². The van der Waals surface area contributed by atoms with Crippen molar-refractivity contribution >= 4 is 11.3 Å². The molecule has 0 radical (unpaired) electrons. The van der Waals surface area contributed by atoms with Crippen molar-refractivity contribution in [3.05, 3.63) is 44.9 Å². The summed E-state index contributed by atoms with van der Waals surface area (Å²) in [4.78, 5) is 5.42. The van der Waals surface area contributed by atoms with Gasteiger partial charge in [-0.05, 0) is 44.0 Å². The molecular weight excluding hydrogens is 268 g/mol. The van der Waals surface area contributed by atoms with E-state index in [4.69, 9.17) is 4.74 Å². The fraction of sp³-hybridized carbons (Fsp3) is 0.438. The third-order valence-corrected chi connectivity index (χ3v) is 4.01. The predicted molar refractivity (Wildman–Crippen MR) is 84.5 cm³/mol. The molecule has 1 N–H and O–H groups in total. The number of rotatable bonds is 6. The molecule has 0 atom stereocenters. The number of ether oxygens (including phenoxy) is 1. The summed E-state index contributed by atoms with van der Waals surface area (Å²) in [6, 6.07) is 4.39. The van der Waals surface area contributed by atoms with Gasteiger partial charge < -0.3 is 10.1 Å². The minimum atomic E-state index is 0.597. The maximum absolute atomic E-state index is 5.98. The zero-order chi connectivity index (χ0) is 14.5. The molecular formula is C16H22N2OS. The maximum Gasteiger partial charge on any atom is 0.125 e. The molecule has 0 aliphatic carbocycles. The summed E-state index contributed by atoms with van der Waals surface area (Å²) < 4.78 is 5.98. The molecule has 0 fully saturated rings. The van der Waals surface area contributed by atoms with E-state index in [0.29, 0.717) is 6.61 Å². The first-order chi connectivity index (χ1) is 9.60. The van der Waals surface area contributed by atoms with Crippen LogP contribution in [0.4, 0.5) is 0 Å². The highest BCUT2D eigenvalue weighted by molar-refractivity contribution is 7.11. The van der Waals surface area contributed by atoms with Crippen LogP contribution in [-0.2, 0) is 13.2 Å². The molecule has 1 aromatic heterocycles. The molecule has 0 unspecified atom stereocenters. The second kappa shape index (κ2) is 6.86. The Balaban J connectivity index is 2.07. The molecule has 1 aromatic carbocycles. The summed E-state index contributed by atoms with van der Waals surface area (Å²) in [6.07, 6.45) is 1.89. The van der Waals surface area contributed by atoms with Gasteiger partial charge in [-0.15, -0.1) is 11.3 Å². The van der Waals surface area contributed by atoms with Crippen molar-refractivity contribution in [3.8, 4) is 5.75 Å². The molecule has 0 aliphatic heterocycles. The summed E-state index contributed by atoms with van der Waals surface area (Å²) in [7, 11) is 0. The quantitative estimate of drug-likeness (QED) is 0.879. The van der Waals surface area contributed by atoms with E-state index in [1.807, 2.05) is 13.1 Å². The smallest absolute Gasteiger partial charge is 0.125 e. The predicted octanol–water partition coefficient (Wildman–Crippen LogP) is 3.76. The maximum atomic E-state index is 5.98. The van der Waals surface area contributed by atoms with E-state index < -0.39 is 0 Å². The fourth-order valence-corrected chi connectivity index (χ4v) is 2.96. The number of aryl methyl sites for hydroxylation is 3. The molecule has 2 aromatic rings. The summed E-state index contributed by atoms with van der Waals surface area (Å²) in [5.41, 5.74) is 3.70. The number of hydrogen-bond acceptors (Lipinski definition) is 4. The van der Waals surface area contributed by atoms with Crippen LogP contribution in [-0.4, -0.2) is 11.5 Å². The van der Waals surface area contributed by atoms with E-state index in [1.165, 1.54) is 16.7 Å². The topological polar surface area (TPSA) is 34.1 Å². The average Bonchev–Trinajstić information content (AvgIpc) is 2.81. The average molecular weight is 290 g/mol. The van der Waals surface area contributed by atoms with Gasteiger partial charge in [-0.2, -0.15) is 0 Å². The van der Waals surface area contributed by atoms with E-state index in [9.17, 15) is 0 Å². The van der Waals surface area contributed by atoms with Crippen LogP contribution in [0.15, 0.2) is 18.3 Å². The Labute approximate surface area is 125 Å². The van der Waals surface area contributed by atoms with Gasteiger partial charge in [0, 0.05) is 12.7 Å². The van der Waals surface area contributed by atoms with Crippen LogP contribution in [0, 0.1) is 20.8 Å². The first kappa shape index (κ1) is 15.0. The first-order valence-electron chi connectivity index (χ1n) is 6.95. The largest absolute Gasteiger partial charge is 0.487 e. The normalized spacial score (nSPS) is 10.8. The molecule has 0 amide bonds. The zero-order valence-corrected chi connectivity index (χ0v) is 13.4. The zero-order valence-electron chi connectivity index (χ0n) is 12.6. The van der Waals surface area contributed by atoms with Gasteiger partial charge in [0.2, 0.25) is 0 Å². The van der Waals surface area contributed by atoms with Gasteiger partial charge in [0.05, 0.1) is 9.88 Å². The Morgan fingerprint density at radius 1 is 1.20 bits per heavy atom. The van der Waals surface area contributed by atoms with Crippen molar-refractivity contribution in [1.29, 1.82) is 0 Å². The molecule has 108 valence electrons. The van der Waals surface area contributed by atoms with Crippen molar-refractivity contribution in [2.75, 3.05) is 6.54 Å². The third kappa shape index (κ3) is 3.81. The van der Waals surface area contributed by atoms with E-state index in [-0.39, 0.29) is 0 Å². The molecule has 0 saturated heterocycles. The van der Waals surface area contributed by atoms with Crippen LogP contribution in [0.3, 0.4) is 0 Å². The van der Waals surface area contributed by atoms with Gasteiger partial charge in [0.15, 0.2) is 0 Å². The first-order valence-corrected chi connectivity index (χ1v) is 7.76. The minimum Gasteiger partial charge on any atom is -0.487 e. The molecule has 0 saturated carbocycles. The standard InChI is InChI=1S/C16H22N2OS/c1-5-17-8-14-6-11(2)16(12(3)7-14)19-10-15-9-18-13(4)20-15/h6-7,9,17H,5,8,10H2,1-4H3. The van der Waals surface area contributed by atoms with Gasteiger partial charge in [-0.25, -0.2) is 4.98 Å². The number of nitrogens with one attached hydrogen (secondary N) is 1. The lowest BCUT2D eigenvalue weighted by Gasteiger charge is -2.13. The molecule has 0 aliphatic rings. The number of hydrogen-bond donors (Lipinski definition) is 1. The van der Waals surface area contributed by atoms with Crippen molar-refractivity contribution < 1.29 is 4.74 Å². The van der Waals surface area contributed by atoms with E-state index in [1.54, 1.807) is 11.3 Å². The lowest BCUT2D eigenvalue weighted by molar-refractivity contribution is 0.305. The molecule has 1 heterocycles. The van der Waals surface area contributed by atoms with Gasteiger partial charge in [-0.1, -0.05) is 19.1 Å². The lowest BCUT2D eigenvalue weighted by atomic mass is 10.1. The lowest BCUT2D eigenvalue weighted by Crippen LogP contribution is -2.12. The SMILES string of the molecule is CCNCc1cc(C)c(OCc2cnc(C)s2)c(C)c1. The van der Waals surface area contributed by atoms with Crippen LogP contribution in [0.2, 0.25) is 0 Å². The molecule has 3 nitrogen and oxygen atoms in total. The van der Waals surface area contributed by atoms with Crippen molar-refractivity contribution in [3.63, 3.8) is 0 Å². The minimum absolute atomic E-state index is 0.597. The van der Waals surface area contributed by atoms with Crippen molar-refractivity contribution in [2.24, 2.45) is 0 Å². The molecule has 4 heteroatoms. The van der Waals surface area contributed by atoms with Crippen molar-refractivity contribution in [2.45, 2.75) is 40.8 Å². The molecule has 20 heavy (non-hydrogen) atoms. The Hall–Kier alpha value is -1.39. The Morgan fingerprint density at radius 3 is 2.45 bits per heavy atom. The number of thiazole rings is 1. The second-order valence-corrected chi connectivity index (χ2v) is 6.29. The summed E-state index contributed by atoms with van der Waals surface area (Å²) in [5, 5.41) is 4.43. The number of aromatic nitrogens is 1. The Morgan fingerprint density at radius 2 is 1.90 bits per heavy atom. The fourth-order valence-electron chi connectivity index (χ4n) is 2.25. The summed E-state index contributed by atoms with van der Waals surface area (Å²) >= 11 is 1.69. The highest BCUT2D eigenvalue weighted by Crippen LogP contribution is 2.26. The number of nitrogens with zero attached hydrogens (tertiary/aromatic N) is 1. The number of benzene rings is 1. The molecule has 2 rings (SSSR count). The summed E-state index contributed by atoms with van der Waals surface area (Å²) in [5.74, 6) is 0.997. The Kier molecular flexibility index (Phi) is 5.15. The summed E-state index contributed by atoms with van der Waals surface area (Å²) in [6.45, 7) is 10.8. The highest BCUT2D eigenvalue weighted by atomic mass is 32.1. The van der Waals surface area contributed by atoms with Crippen LogP contribution in [0.25, 0.3) is 0 Å². The van der Waals surface area contributed by atoms with Gasteiger partial charge in [0.25, 0.3) is 0 Å². The van der Waals surface area contributed by atoms with Gasteiger partial charge >= 0.3 is 0 Å². The van der Waals surface area contributed by atoms with E-state index in [0.717, 1.165) is 28.7 Å². The Bertz CT molecular complexity index is 555.